The third-order valence-electron chi connectivity index (χ3n) is 6.42. The molecule has 1 aromatic heterocycles. The van der Waals surface area contributed by atoms with Crippen molar-refractivity contribution in [2.45, 2.75) is 39.5 Å². The van der Waals surface area contributed by atoms with Crippen LogP contribution in [0.2, 0.25) is 5.02 Å². The predicted molar refractivity (Wildman–Crippen MR) is 169 cm³/mol. The number of aliphatic carboxylic acids is 1. The molecule has 0 aliphatic carbocycles. The molecule has 3 N–H and O–H groups in total. The predicted octanol–water partition coefficient (Wildman–Crippen LogP) is 7.21. The fraction of sp³-hybridized carbons (Fsp3) is 0.281. The van der Waals surface area contributed by atoms with E-state index >= 15 is 0 Å². The highest BCUT2D eigenvalue weighted by molar-refractivity contribution is 6.31. The summed E-state index contributed by atoms with van der Waals surface area (Å²) in [5, 5.41) is 15.2. The van der Waals surface area contributed by atoms with Gasteiger partial charge in [0.05, 0.1) is 29.2 Å². The van der Waals surface area contributed by atoms with Gasteiger partial charge in [0.25, 0.3) is 5.56 Å². The second kappa shape index (κ2) is 16.5. The number of benzene rings is 3. The summed E-state index contributed by atoms with van der Waals surface area (Å²) in [5.41, 5.74) is 2.14. The number of carboxylic acids is 1. The summed E-state index contributed by atoms with van der Waals surface area (Å²) in [7, 11) is 0. The number of anilines is 1. The van der Waals surface area contributed by atoms with Crippen LogP contribution in [0.25, 0.3) is 11.3 Å². The molecule has 4 aromatic rings. The summed E-state index contributed by atoms with van der Waals surface area (Å²) < 4.78 is 51.3. The first kappa shape index (κ1) is 34.9. The van der Waals surface area contributed by atoms with Crippen LogP contribution in [-0.2, 0) is 35.2 Å². The molecule has 0 spiro atoms. The monoisotopic (exact) mass is 646 g/mol. The Kier molecular flexibility index (Phi) is 12.8. The number of halogens is 4. The number of aromatic nitrogens is 2. The molecule has 4 rings (SSSR count). The molecule has 0 aliphatic rings. The minimum Gasteiger partial charge on any atom is -0.491 e. The number of aryl methyl sites for hydroxylation is 1. The Balaban J connectivity index is 0.00000271. The third-order valence-corrected chi connectivity index (χ3v) is 6.65. The van der Waals surface area contributed by atoms with Crippen LogP contribution in [0.5, 0.6) is 5.75 Å². The van der Waals surface area contributed by atoms with Crippen LogP contribution in [0.3, 0.4) is 0 Å². The molecule has 0 aliphatic heterocycles. The van der Waals surface area contributed by atoms with Crippen LogP contribution in [-0.4, -0.2) is 47.4 Å². The van der Waals surface area contributed by atoms with Gasteiger partial charge in [0, 0.05) is 10.6 Å². The largest absolute Gasteiger partial charge is 0.491 e. The van der Waals surface area contributed by atoms with Gasteiger partial charge in [-0.3, -0.25) is 14.9 Å². The molecule has 3 aromatic carbocycles. The molecule has 1 heterocycles. The second-order valence-electron chi connectivity index (χ2n) is 9.37. The normalized spacial score (nSPS) is 11.0. The highest BCUT2D eigenvalue weighted by Crippen LogP contribution is 2.32. The van der Waals surface area contributed by atoms with E-state index in [1.54, 1.807) is 30.3 Å². The Labute approximate surface area is 263 Å². The molecule has 13 heteroatoms. The molecule has 0 unspecified atom stereocenters. The van der Waals surface area contributed by atoms with Crippen molar-refractivity contribution in [2.24, 2.45) is 4.99 Å². The average Bonchev–Trinajstić information content (AvgIpc) is 3.34. The number of hydrogen-bond donors (Lipinski definition) is 3. The number of rotatable bonds is 14. The molecule has 0 radical (unpaired) electrons. The maximum Gasteiger partial charge on any atom is 0.416 e. The number of H-pyrrole nitrogens is 1. The Morgan fingerprint density at radius 3 is 2.36 bits per heavy atom. The summed E-state index contributed by atoms with van der Waals surface area (Å²) in [4.78, 5) is 27.9. The molecule has 0 fully saturated rings. The van der Waals surface area contributed by atoms with Crippen molar-refractivity contribution < 1.29 is 32.5 Å². The van der Waals surface area contributed by atoms with Gasteiger partial charge in [0.1, 0.15) is 25.6 Å². The van der Waals surface area contributed by atoms with Crippen molar-refractivity contribution in [1.82, 2.24) is 9.78 Å². The van der Waals surface area contributed by atoms with Gasteiger partial charge < -0.3 is 19.9 Å². The van der Waals surface area contributed by atoms with Gasteiger partial charge in [0.15, 0.2) is 0 Å². The van der Waals surface area contributed by atoms with E-state index in [1.165, 1.54) is 16.8 Å². The van der Waals surface area contributed by atoms with Crippen LogP contribution in [0, 0.1) is 0 Å². The molecule has 0 saturated heterocycles. The summed E-state index contributed by atoms with van der Waals surface area (Å²) >= 11 is 6.03. The zero-order valence-electron chi connectivity index (χ0n) is 24.8. The van der Waals surface area contributed by atoms with Crippen molar-refractivity contribution in [3.63, 3.8) is 0 Å². The van der Waals surface area contributed by atoms with Gasteiger partial charge in [-0.1, -0.05) is 49.7 Å². The standard InChI is InChI=1S/C30H28ClF3N4O5.C2H6/c1-35-26-16-22(31)9-13-25(26)36-18-38-29(41)24(28(37-38)20-5-7-21(8-6-20)30(32,33)34)12-4-19-2-10-23(11-3-19)43-15-14-42-17-27(39)40;1-2/h2-3,5-11,13,16,36-37H,1,4,12,14-15,17-18H2,(H,39,40);1-2H3. The molecule has 0 bridgehead atoms. The summed E-state index contributed by atoms with van der Waals surface area (Å²) in [6, 6.07) is 16.8. The minimum atomic E-state index is -4.48. The Bertz CT molecular complexity index is 1620. The Hall–Kier alpha value is -4.55. The van der Waals surface area contributed by atoms with Gasteiger partial charge in [-0.05, 0) is 73.2 Å². The third kappa shape index (κ3) is 9.98. The average molecular weight is 647 g/mol. The number of nitrogens with one attached hydrogen (secondary N) is 2. The van der Waals surface area contributed by atoms with Crippen LogP contribution in [0.15, 0.2) is 76.5 Å². The fourth-order valence-corrected chi connectivity index (χ4v) is 4.45. The van der Waals surface area contributed by atoms with Crippen molar-refractivity contribution in [3.05, 3.63) is 98.8 Å². The second-order valence-corrected chi connectivity index (χ2v) is 9.80. The smallest absolute Gasteiger partial charge is 0.416 e. The number of hydrogen-bond acceptors (Lipinski definition) is 6. The van der Waals surface area contributed by atoms with Gasteiger partial charge >= 0.3 is 12.1 Å². The molecular formula is C32H34ClF3N4O5. The minimum absolute atomic E-state index is 0.0266. The Morgan fingerprint density at radius 2 is 1.73 bits per heavy atom. The molecular weight excluding hydrogens is 613 g/mol. The molecule has 0 saturated carbocycles. The van der Waals surface area contributed by atoms with E-state index < -0.39 is 24.3 Å². The molecule has 9 nitrogen and oxygen atoms in total. The van der Waals surface area contributed by atoms with Crippen LogP contribution >= 0.6 is 11.6 Å². The highest BCUT2D eigenvalue weighted by Gasteiger charge is 2.30. The van der Waals surface area contributed by atoms with Gasteiger partial charge in [-0.15, -0.1) is 0 Å². The lowest BCUT2D eigenvalue weighted by atomic mass is 10.0. The molecule has 0 amide bonds. The van der Waals surface area contributed by atoms with Gasteiger partial charge in [0.2, 0.25) is 0 Å². The maximum absolute atomic E-state index is 13.5. The van der Waals surface area contributed by atoms with E-state index in [0.29, 0.717) is 51.8 Å². The number of nitrogens with zero attached hydrogens (tertiary/aromatic N) is 2. The highest BCUT2D eigenvalue weighted by atomic mass is 35.5. The quantitative estimate of drug-likeness (QED) is 0.0984. The first-order valence-corrected chi connectivity index (χ1v) is 14.4. The van der Waals surface area contributed by atoms with E-state index in [2.05, 4.69) is 22.1 Å². The van der Waals surface area contributed by atoms with Crippen molar-refractivity contribution >= 4 is 35.7 Å². The number of carboxylic acid groups (broad SMARTS) is 1. The Morgan fingerprint density at radius 1 is 1.04 bits per heavy atom. The van der Waals surface area contributed by atoms with E-state index in [0.717, 1.165) is 17.7 Å². The number of ether oxygens (including phenoxy) is 2. The van der Waals surface area contributed by atoms with Crippen LogP contribution in [0.4, 0.5) is 24.5 Å². The van der Waals surface area contributed by atoms with E-state index in [1.807, 2.05) is 26.0 Å². The summed E-state index contributed by atoms with van der Waals surface area (Å²) in [6.45, 7) is 7.47. The van der Waals surface area contributed by atoms with E-state index in [-0.39, 0.29) is 25.4 Å². The maximum atomic E-state index is 13.5. The first-order valence-electron chi connectivity index (χ1n) is 14.1. The molecule has 0 atom stereocenters. The van der Waals surface area contributed by atoms with Crippen LogP contribution in [0.1, 0.15) is 30.5 Å². The van der Waals surface area contributed by atoms with Crippen molar-refractivity contribution in [3.8, 4) is 17.0 Å². The van der Waals surface area contributed by atoms with Crippen LogP contribution < -0.4 is 15.6 Å². The zero-order chi connectivity index (χ0) is 33.0. The van der Waals surface area contributed by atoms with Gasteiger partial charge in [-0.25, -0.2) is 9.48 Å². The number of alkyl halides is 3. The molecule has 45 heavy (non-hydrogen) atoms. The lowest BCUT2D eigenvalue weighted by Crippen LogP contribution is -2.23. The van der Waals surface area contributed by atoms with E-state index in [4.69, 9.17) is 26.2 Å². The lowest BCUT2D eigenvalue weighted by Gasteiger charge is -2.10. The fourth-order valence-electron chi connectivity index (χ4n) is 4.28. The zero-order valence-corrected chi connectivity index (χ0v) is 25.5. The number of aliphatic imine (C=N–C) groups is 1. The summed E-state index contributed by atoms with van der Waals surface area (Å²) in [5.74, 6) is -0.490. The SMILES string of the molecule is C=Nc1cc(Cl)ccc1NCn1[nH]c(-c2ccc(C(F)(F)F)cc2)c(CCc2ccc(OCCOCC(=O)O)cc2)c1=O.CC. The topological polar surface area (TPSA) is 118 Å². The molecule has 240 valence electrons. The summed E-state index contributed by atoms with van der Waals surface area (Å²) in [6.07, 6.45) is -3.71. The van der Waals surface area contributed by atoms with Gasteiger partial charge in [-0.2, -0.15) is 13.2 Å². The van der Waals surface area contributed by atoms with E-state index in [9.17, 15) is 22.8 Å². The van der Waals surface area contributed by atoms with Crippen molar-refractivity contribution in [1.29, 1.82) is 0 Å². The number of carbonyl (C=O) groups is 1. The lowest BCUT2D eigenvalue weighted by molar-refractivity contribution is -0.142. The first-order chi connectivity index (χ1) is 21.5. The van der Waals surface area contributed by atoms with Crippen molar-refractivity contribution in [2.75, 3.05) is 25.1 Å². The number of aromatic amines is 1.